The minimum Gasteiger partial charge on any atom is -0.326 e. The lowest BCUT2D eigenvalue weighted by atomic mass is 10.2. The first-order chi connectivity index (χ1) is 15.0. The van der Waals surface area contributed by atoms with E-state index in [1.165, 1.54) is 18.7 Å². The molecule has 0 aliphatic rings. The van der Waals surface area contributed by atoms with Gasteiger partial charge in [0.1, 0.15) is 5.03 Å². The fourth-order valence-corrected chi connectivity index (χ4v) is 3.59. The van der Waals surface area contributed by atoms with Crippen molar-refractivity contribution < 1.29 is 9.59 Å². The molecule has 156 valence electrons. The van der Waals surface area contributed by atoms with Gasteiger partial charge in [0.15, 0.2) is 11.5 Å². The Bertz CT molecular complexity index is 1240. The lowest BCUT2D eigenvalue weighted by molar-refractivity contribution is -0.114. The van der Waals surface area contributed by atoms with E-state index in [-0.39, 0.29) is 17.6 Å². The van der Waals surface area contributed by atoms with Gasteiger partial charge in [-0.2, -0.15) is 9.61 Å². The molecule has 2 aromatic heterocycles. The van der Waals surface area contributed by atoms with Crippen LogP contribution in [0.2, 0.25) is 5.02 Å². The second kappa shape index (κ2) is 9.15. The van der Waals surface area contributed by atoms with Gasteiger partial charge in [-0.25, -0.2) is 0 Å². The maximum absolute atomic E-state index is 12.3. The Morgan fingerprint density at radius 3 is 2.29 bits per heavy atom. The molecule has 10 heteroatoms. The van der Waals surface area contributed by atoms with E-state index >= 15 is 0 Å². The Balaban J connectivity index is 1.41. The number of nitrogens with zero attached hydrogens (tertiary/aromatic N) is 4. The molecule has 2 amide bonds. The van der Waals surface area contributed by atoms with Gasteiger partial charge in [-0.3, -0.25) is 9.59 Å². The van der Waals surface area contributed by atoms with Crippen LogP contribution in [0.1, 0.15) is 6.92 Å². The number of benzene rings is 2. The van der Waals surface area contributed by atoms with Crippen molar-refractivity contribution in [3.05, 3.63) is 65.7 Å². The predicted octanol–water partition coefficient (Wildman–Crippen LogP) is 4.13. The maximum atomic E-state index is 12.3. The molecule has 0 aliphatic heterocycles. The van der Waals surface area contributed by atoms with E-state index in [9.17, 15) is 9.59 Å². The normalized spacial score (nSPS) is 10.8. The van der Waals surface area contributed by atoms with E-state index in [2.05, 4.69) is 25.9 Å². The number of carbonyl (C=O) groups excluding carboxylic acids is 2. The van der Waals surface area contributed by atoms with E-state index in [1.54, 1.807) is 53.0 Å². The molecule has 0 bridgehead atoms. The summed E-state index contributed by atoms with van der Waals surface area (Å²) in [7, 11) is 0. The lowest BCUT2D eigenvalue weighted by Gasteiger charge is -2.07. The third-order valence-electron chi connectivity index (χ3n) is 4.18. The first-order valence-electron chi connectivity index (χ1n) is 9.27. The Morgan fingerprint density at radius 1 is 0.935 bits per heavy atom. The molecule has 0 unspecified atom stereocenters. The molecule has 0 saturated carbocycles. The summed E-state index contributed by atoms with van der Waals surface area (Å²) in [6, 6.07) is 17.8. The number of halogens is 1. The third-order valence-corrected chi connectivity index (χ3v) is 5.35. The lowest BCUT2D eigenvalue weighted by Crippen LogP contribution is -2.14. The molecule has 4 aromatic rings. The molecule has 0 aliphatic carbocycles. The van der Waals surface area contributed by atoms with Gasteiger partial charge in [-0.05, 0) is 60.7 Å². The van der Waals surface area contributed by atoms with E-state index in [4.69, 9.17) is 11.6 Å². The van der Waals surface area contributed by atoms with Crippen LogP contribution in [0.3, 0.4) is 0 Å². The summed E-state index contributed by atoms with van der Waals surface area (Å²) in [5, 5.41) is 19.7. The zero-order valence-electron chi connectivity index (χ0n) is 16.4. The van der Waals surface area contributed by atoms with E-state index < -0.39 is 0 Å². The van der Waals surface area contributed by atoms with Gasteiger partial charge in [0.25, 0.3) is 0 Å². The highest BCUT2D eigenvalue weighted by atomic mass is 35.5. The standard InChI is InChI=1S/C21H17ClN6O2S/c1-13(29)23-16-6-8-17(9-7-16)24-19(30)12-31-20-11-10-18-25-26-21(28(18)27-20)14-2-4-15(22)5-3-14/h2-11H,12H2,1H3,(H,23,29)(H,24,30). The van der Waals surface area contributed by atoms with Crippen LogP contribution in [0, 0.1) is 0 Å². The van der Waals surface area contributed by atoms with Crippen molar-refractivity contribution in [1.29, 1.82) is 0 Å². The monoisotopic (exact) mass is 452 g/mol. The molecule has 0 atom stereocenters. The largest absolute Gasteiger partial charge is 0.326 e. The number of hydrogen-bond donors (Lipinski definition) is 2. The SMILES string of the molecule is CC(=O)Nc1ccc(NC(=O)CSc2ccc3nnc(-c4ccc(Cl)cc4)n3n2)cc1. The molecular formula is C21H17ClN6O2S. The summed E-state index contributed by atoms with van der Waals surface area (Å²) < 4.78 is 1.64. The Labute approximate surface area is 187 Å². The molecule has 0 radical (unpaired) electrons. The van der Waals surface area contributed by atoms with Gasteiger partial charge in [0.05, 0.1) is 5.75 Å². The average Bonchev–Trinajstić information content (AvgIpc) is 3.17. The quantitative estimate of drug-likeness (QED) is 0.426. The van der Waals surface area contributed by atoms with E-state index in [0.29, 0.717) is 32.9 Å². The summed E-state index contributed by atoms with van der Waals surface area (Å²) in [6.45, 7) is 1.44. The number of hydrogen-bond acceptors (Lipinski definition) is 6. The zero-order valence-corrected chi connectivity index (χ0v) is 17.9. The molecule has 8 nitrogen and oxygen atoms in total. The van der Waals surface area contributed by atoms with Crippen molar-refractivity contribution in [3.8, 4) is 11.4 Å². The summed E-state index contributed by atoms with van der Waals surface area (Å²) in [4.78, 5) is 23.4. The first-order valence-corrected chi connectivity index (χ1v) is 10.6. The average molecular weight is 453 g/mol. The van der Waals surface area contributed by atoms with Crippen LogP contribution < -0.4 is 10.6 Å². The Morgan fingerprint density at radius 2 is 1.61 bits per heavy atom. The number of anilines is 2. The molecule has 31 heavy (non-hydrogen) atoms. The van der Waals surface area contributed by atoms with Crippen molar-refractivity contribution in [1.82, 2.24) is 19.8 Å². The third kappa shape index (κ3) is 5.19. The molecule has 2 heterocycles. The predicted molar refractivity (Wildman–Crippen MR) is 121 cm³/mol. The zero-order chi connectivity index (χ0) is 21.8. The second-order valence-corrected chi connectivity index (χ2v) is 8.00. The van der Waals surface area contributed by atoms with Crippen LogP contribution in [-0.2, 0) is 9.59 Å². The van der Waals surface area contributed by atoms with Crippen LogP contribution in [0.5, 0.6) is 0 Å². The molecule has 0 saturated heterocycles. The second-order valence-electron chi connectivity index (χ2n) is 6.57. The van der Waals surface area contributed by atoms with Crippen LogP contribution >= 0.6 is 23.4 Å². The number of rotatable bonds is 6. The van der Waals surface area contributed by atoms with Crippen molar-refractivity contribution in [3.63, 3.8) is 0 Å². The molecule has 2 N–H and O–H groups in total. The Hall–Kier alpha value is -3.43. The van der Waals surface area contributed by atoms with Gasteiger partial charge in [-0.1, -0.05) is 23.4 Å². The summed E-state index contributed by atoms with van der Waals surface area (Å²) in [6.07, 6.45) is 0. The number of nitrogens with one attached hydrogen (secondary N) is 2. The minimum atomic E-state index is -0.166. The number of fused-ring (bicyclic) bond motifs is 1. The fourth-order valence-electron chi connectivity index (χ4n) is 2.80. The molecular weight excluding hydrogens is 436 g/mol. The topological polar surface area (TPSA) is 101 Å². The van der Waals surface area contributed by atoms with Crippen molar-refractivity contribution in [2.75, 3.05) is 16.4 Å². The van der Waals surface area contributed by atoms with E-state index in [0.717, 1.165) is 5.56 Å². The Kier molecular flexibility index (Phi) is 6.15. The first kappa shape index (κ1) is 20.8. The van der Waals surface area contributed by atoms with Gasteiger partial charge < -0.3 is 10.6 Å². The highest BCUT2D eigenvalue weighted by Gasteiger charge is 2.11. The number of thioether (sulfide) groups is 1. The van der Waals surface area contributed by atoms with Crippen molar-refractivity contribution >= 4 is 52.2 Å². The molecule has 2 aromatic carbocycles. The molecule has 4 rings (SSSR count). The molecule has 0 spiro atoms. The smallest absolute Gasteiger partial charge is 0.234 e. The summed E-state index contributed by atoms with van der Waals surface area (Å²) in [5.41, 5.74) is 2.76. The summed E-state index contributed by atoms with van der Waals surface area (Å²) in [5.74, 6) is 0.466. The van der Waals surface area contributed by atoms with Gasteiger partial charge in [0.2, 0.25) is 11.8 Å². The van der Waals surface area contributed by atoms with Crippen LogP contribution in [0.4, 0.5) is 11.4 Å². The van der Waals surface area contributed by atoms with Crippen molar-refractivity contribution in [2.24, 2.45) is 0 Å². The maximum Gasteiger partial charge on any atom is 0.234 e. The molecule has 0 fully saturated rings. The number of aromatic nitrogens is 4. The van der Waals surface area contributed by atoms with Crippen molar-refractivity contribution in [2.45, 2.75) is 11.9 Å². The minimum absolute atomic E-state index is 0.148. The van der Waals surface area contributed by atoms with Crippen LogP contribution in [0.15, 0.2) is 65.7 Å². The van der Waals surface area contributed by atoms with Gasteiger partial charge in [0, 0.05) is 28.9 Å². The van der Waals surface area contributed by atoms with Crippen LogP contribution in [-0.4, -0.2) is 37.4 Å². The fraction of sp³-hybridized carbons (Fsp3) is 0.0952. The van der Waals surface area contributed by atoms with Gasteiger partial charge in [-0.15, -0.1) is 10.2 Å². The van der Waals surface area contributed by atoms with Crippen LogP contribution in [0.25, 0.3) is 17.0 Å². The summed E-state index contributed by atoms with van der Waals surface area (Å²) >= 11 is 7.26. The van der Waals surface area contributed by atoms with Gasteiger partial charge >= 0.3 is 0 Å². The number of carbonyl (C=O) groups is 2. The highest BCUT2D eigenvalue weighted by molar-refractivity contribution is 7.99. The highest BCUT2D eigenvalue weighted by Crippen LogP contribution is 2.22. The number of amides is 2. The van der Waals surface area contributed by atoms with E-state index in [1.807, 2.05) is 12.1 Å².